The number of carbonyl (C=O) groups excluding carboxylic acids is 1. The van der Waals surface area contributed by atoms with Crippen LogP contribution in [0.2, 0.25) is 0 Å². The molecule has 1 aromatic carbocycles. The summed E-state index contributed by atoms with van der Waals surface area (Å²) in [7, 11) is 0. The van der Waals surface area contributed by atoms with E-state index in [0.717, 1.165) is 18.4 Å². The molecular formula is C15H18FNO3. The molecule has 2 rings (SSSR count). The summed E-state index contributed by atoms with van der Waals surface area (Å²) in [5.41, 5.74) is 0.771. The van der Waals surface area contributed by atoms with Crippen molar-refractivity contribution in [2.75, 3.05) is 6.54 Å². The van der Waals surface area contributed by atoms with E-state index in [1.165, 1.54) is 17.0 Å². The van der Waals surface area contributed by atoms with Gasteiger partial charge in [0, 0.05) is 12.6 Å². The van der Waals surface area contributed by atoms with Crippen LogP contribution in [0.5, 0.6) is 0 Å². The number of hydrogen-bond acceptors (Lipinski definition) is 2. The zero-order valence-corrected chi connectivity index (χ0v) is 11.4. The zero-order chi connectivity index (χ0) is 14.7. The predicted molar refractivity (Wildman–Crippen MR) is 72.1 cm³/mol. The molecule has 1 heterocycles. The van der Waals surface area contributed by atoms with Crippen LogP contribution in [0.4, 0.5) is 4.39 Å². The standard InChI is InChI=1S/C15H18FNO3/c1-10-5-6-12(13(16)8-10)15(20)17-7-3-2-4-11(17)9-14(18)19/h5-6,8,11H,2-4,7,9H2,1H3,(H,18,19). The molecule has 0 bridgehead atoms. The van der Waals surface area contributed by atoms with Gasteiger partial charge in [0.05, 0.1) is 12.0 Å². The summed E-state index contributed by atoms with van der Waals surface area (Å²) in [4.78, 5) is 24.8. The van der Waals surface area contributed by atoms with Gasteiger partial charge in [-0.15, -0.1) is 0 Å². The third-order valence-electron chi connectivity index (χ3n) is 3.65. The third kappa shape index (κ3) is 3.15. The number of carbonyl (C=O) groups is 2. The molecule has 1 aliphatic heterocycles. The van der Waals surface area contributed by atoms with E-state index in [9.17, 15) is 14.0 Å². The smallest absolute Gasteiger partial charge is 0.305 e. The number of carboxylic acids is 1. The Morgan fingerprint density at radius 1 is 1.40 bits per heavy atom. The SMILES string of the molecule is Cc1ccc(C(=O)N2CCCCC2CC(=O)O)c(F)c1. The molecule has 5 heteroatoms. The topological polar surface area (TPSA) is 57.6 Å². The van der Waals surface area contributed by atoms with Crippen molar-refractivity contribution in [3.8, 4) is 0 Å². The fourth-order valence-corrected chi connectivity index (χ4v) is 2.63. The lowest BCUT2D eigenvalue weighted by atomic mass is 9.98. The summed E-state index contributed by atoms with van der Waals surface area (Å²) in [5.74, 6) is -1.89. The average molecular weight is 279 g/mol. The van der Waals surface area contributed by atoms with Crippen molar-refractivity contribution in [2.45, 2.75) is 38.6 Å². The van der Waals surface area contributed by atoms with Gasteiger partial charge in [-0.1, -0.05) is 6.07 Å². The van der Waals surface area contributed by atoms with E-state index < -0.39 is 17.7 Å². The molecule has 0 saturated carbocycles. The van der Waals surface area contributed by atoms with Crippen LogP contribution in [-0.4, -0.2) is 34.5 Å². The van der Waals surface area contributed by atoms with Crippen LogP contribution in [0.3, 0.4) is 0 Å². The van der Waals surface area contributed by atoms with Gasteiger partial charge in [-0.25, -0.2) is 4.39 Å². The highest BCUT2D eigenvalue weighted by molar-refractivity contribution is 5.95. The monoisotopic (exact) mass is 279 g/mol. The lowest BCUT2D eigenvalue weighted by Crippen LogP contribution is -2.45. The molecule has 1 aromatic rings. The summed E-state index contributed by atoms with van der Waals surface area (Å²) in [6.45, 7) is 2.25. The Morgan fingerprint density at radius 2 is 2.15 bits per heavy atom. The van der Waals surface area contributed by atoms with Gasteiger partial charge in [0.25, 0.3) is 5.91 Å². The molecule has 1 unspecified atom stereocenters. The van der Waals surface area contributed by atoms with E-state index in [2.05, 4.69) is 0 Å². The Bertz CT molecular complexity index is 530. The first-order chi connectivity index (χ1) is 9.49. The number of carboxylic acid groups (broad SMARTS) is 1. The van der Waals surface area contributed by atoms with Gasteiger partial charge in [-0.3, -0.25) is 9.59 Å². The van der Waals surface area contributed by atoms with Crippen LogP contribution in [0.1, 0.15) is 41.6 Å². The largest absolute Gasteiger partial charge is 0.481 e. The van der Waals surface area contributed by atoms with Crippen LogP contribution < -0.4 is 0 Å². The lowest BCUT2D eigenvalue weighted by molar-refractivity contribution is -0.138. The van der Waals surface area contributed by atoms with Crippen molar-refractivity contribution >= 4 is 11.9 Å². The van der Waals surface area contributed by atoms with Crippen molar-refractivity contribution in [2.24, 2.45) is 0 Å². The molecule has 0 radical (unpaired) electrons. The van der Waals surface area contributed by atoms with E-state index in [-0.39, 0.29) is 18.0 Å². The number of halogens is 1. The van der Waals surface area contributed by atoms with Gasteiger partial charge in [0.15, 0.2) is 0 Å². The molecule has 108 valence electrons. The molecule has 1 amide bonds. The van der Waals surface area contributed by atoms with E-state index in [4.69, 9.17) is 5.11 Å². The Labute approximate surface area is 117 Å². The van der Waals surface area contributed by atoms with E-state index in [1.54, 1.807) is 13.0 Å². The normalized spacial score (nSPS) is 18.9. The molecule has 20 heavy (non-hydrogen) atoms. The van der Waals surface area contributed by atoms with Crippen molar-refractivity contribution < 1.29 is 19.1 Å². The molecule has 1 fully saturated rings. The minimum absolute atomic E-state index is 0.0212. The molecule has 1 N–H and O–H groups in total. The molecule has 4 nitrogen and oxygen atoms in total. The summed E-state index contributed by atoms with van der Waals surface area (Å²) < 4.78 is 13.9. The van der Waals surface area contributed by atoms with Gasteiger partial charge in [-0.05, 0) is 43.9 Å². The summed E-state index contributed by atoms with van der Waals surface area (Å²) in [6.07, 6.45) is 2.30. The maximum absolute atomic E-state index is 13.9. The average Bonchev–Trinajstić information content (AvgIpc) is 2.38. The molecular weight excluding hydrogens is 261 g/mol. The molecule has 1 aliphatic rings. The highest BCUT2D eigenvalue weighted by atomic mass is 19.1. The quantitative estimate of drug-likeness (QED) is 0.925. The molecule has 1 atom stereocenters. The highest BCUT2D eigenvalue weighted by Gasteiger charge is 2.30. The van der Waals surface area contributed by atoms with Crippen LogP contribution in [0.25, 0.3) is 0 Å². The van der Waals surface area contributed by atoms with Gasteiger partial charge in [0.2, 0.25) is 0 Å². The Hall–Kier alpha value is -1.91. The third-order valence-corrected chi connectivity index (χ3v) is 3.65. The number of benzene rings is 1. The summed E-state index contributed by atoms with van der Waals surface area (Å²) in [6, 6.07) is 4.14. The lowest BCUT2D eigenvalue weighted by Gasteiger charge is -2.35. The maximum Gasteiger partial charge on any atom is 0.305 e. The van der Waals surface area contributed by atoms with Crippen molar-refractivity contribution in [3.05, 3.63) is 35.1 Å². The summed E-state index contributed by atoms with van der Waals surface area (Å²) >= 11 is 0. The number of aryl methyl sites for hydroxylation is 1. The zero-order valence-electron chi connectivity index (χ0n) is 11.4. The fraction of sp³-hybridized carbons (Fsp3) is 0.467. The summed E-state index contributed by atoms with van der Waals surface area (Å²) in [5, 5.41) is 8.91. The minimum atomic E-state index is -0.931. The Morgan fingerprint density at radius 3 is 2.80 bits per heavy atom. The second kappa shape index (κ2) is 6.03. The van der Waals surface area contributed by atoms with Gasteiger partial charge in [-0.2, -0.15) is 0 Å². The van der Waals surface area contributed by atoms with Crippen LogP contribution in [0.15, 0.2) is 18.2 Å². The van der Waals surface area contributed by atoms with E-state index in [0.29, 0.717) is 13.0 Å². The highest BCUT2D eigenvalue weighted by Crippen LogP contribution is 2.23. The van der Waals surface area contributed by atoms with Gasteiger partial charge >= 0.3 is 5.97 Å². The van der Waals surface area contributed by atoms with Crippen LogP contribution in [0, 0.1) is 12.7 Å². The Balaban J connectivity index is 2.22. The number of likely N-dealkylation sites (tertiary alicyclic amines) is 1. The maximum atomic E-state index is 13.9. The number of aliphatic carboxylic acids is 1. The predicted octanol–water partition coefficient (Wildman–Crippen LogP) is 2.60. The fourth-order valence-electron chi connectivity index (χ4n) is 2.63. The molecule has 0 aromatic heterocycles. The number of rotatable bonds is 3. The van der Waals surface area contributed by atoms with Crippen LogP contribution >= 0.6 is 0 Å². The van der Waals surface area contributed by atoms with Gasteiger partial charge in [0.1, 0.15) is 5.82 Å². The Kier molecular flexibility index (Phi) is 4.37. The van der Waals surface area contributed by atoms with Crippen LogP contribution in [-0.2, 0) is 4.79 Å². The van der Waals surface area contributed by atoms with Gasteiger partial charge < -0.3 is 10.0 Å². The number of amides is 1. The second-order valence-corrected chi connectivity index (χ2v) is 5.23. The number of hydrogen-bond donors (Lipinski definition) is 1. The first kappa shape index (κ1) is 14.5. The number of nitrogens with zero attached hydrogens (tertiary/aromatic N) is 1. The van der Waals surface area contributed by atoms with E-state index >= 15 is 0 Å². The molecule has 0 spiro atoms. The first-order valence-electron chi connectivity index (χ1n) is 6.78. The molecule has 1 saturated heterocycles. The molecule has 0 aliphatic carbocycles. The van der Waals surface area contributed by atoms with Crippen molar-refractivity contribution in [3.63, 3.8) is 0 Å². The minimum Gasteiger partial charge on any atom is -0.481 e. The first-order valence-corrected chi connectivity index (χ1v) is 6.78. The van der Waals surface area contributed by atoms with Crippen molar-refractivity contribution in [1.82, 2.24) is 4.90 Å². The van der Waals surface area contributed by atoms with Crippen molar-refractivity contribution in [1.29, 1.82) is 0 Å². The number of piperidine rings is 1. The van der Waals surface area contributed by atoms with E-state index in [1.807, 2.05) is 0 Å². The second-order valence-electron chi connectivity index (χ2n) is 5.23.